The molecule has 92 valence electrons. The maximum absolute atomic E-state index is 9.80. The Morgan fingerprint density at radius 2 is 2.24 bits per heavy atom. The fourth-order valence-corrected chi connectivity index (χ4v) is 2.70. The number of hydrogen-bond acceptors (Lipinski definition) is 3. The van der Waals surface area contributed by atoms with Gasteiger partial charge in [-0.05, 0) is 17.5 Å². The Bertz CT molecular complexity index is 430. The van der Waals surface area contributed by atoms with E-state index in [1.54, 1.807) is 0 Å². The molecule has 0 aromatic heterocycles. The van der Waals surface area contributed by atoms with Crippen LogP contribution < -0.4 is 5.32 Å². The number of rotatable bonds is 1. The minimum Gasteiger partial charge on any atom is -0.389 e. The molecule has 0 saturated carbocycles. The average molecular weight is 233 g/mol. The number of anilines is 1. The van der Waals surface area contributed by atoms with E-state index < -0.39 is 0 Å². The summed E-state index contributed by atoms with van der Waals surface area (Å²) < 4.78 is 5.73. The van der Waals surface area contributed by atoms with E-state index in [4.69, 9.17) is 4.74 Å². The van der Waals surface area contributed by atoms with Crippen molar-refractivity contribution in [2.75, 3.05) is 11.9 Å². The molecule has 3 heteroatoms. The van der Waals surface area contributed by atoms with Crippen LogP contribution in [-0.4, -0.2) is 23.9 Å². The third-order valence-electron chi connectivity index (χ3n) is 3.83. The first-order chi connectivity index (χ1) is 8.15. The fraction of sp³-hybridized carbons (Fsp3) is 0.571. The van der Waals surface area contributed by atoms with Gasteiger partial charge in [0.05, 0.1) is 24.9 Å². The predicted molar refractivity (Wildman–Crippen MR) is 67.3 cm³/mol. The Hall–Kier alpha value is -1.06. The van der Waals surface area contributed by atoms with Crippen LogP contribution in [-0.2, 0) is 4.74 Å². The largest absolute Gasteiger partial charge is 0.389 e. The van der Waals surface area contributed by atoms with Gasteiger partial charge in [-0.15, -0.1) is 0 Å². The maximum atomic E-state index is 9.80. The van der Waals surface area contributed by atoms with Crippen LogP contribution >= 0.6 is 0 Å². The summed E-state index contributed by atoms with van der Waals surface area (Å²) in [6.45, 7) is 4.84. The summed E-state index contributed by atoms with van der Waals surface area (Å²) in [5, 5.41) is 13.2. The fourth-order valence-electron chi connectivity index (χ4n) is 2.70. The van der Waals surface area contributed by atoms with Crippen LogP contribution in [0.2, 0.25) is 0 Å². The smallest absolute Gasteiger partial charge is 0.0975 e. The topological polar surface area (TPSA) is 41.5 Å². The van der Waals surface area contributed by atoms with Crippen LogP contribution in [0.4, 0.5) is 5.69 Å². The van der Waals surface area contributed by atoms with Crippen molar-refractivity contribution in [2.45, 2.75) is 44.4 Å². The lowest BCUT2D eigenvalue weighted by Crippen LogP contribution is -2.45. The van der Waals surface area contributed by atoms with Crippen LogP contribution in [0.3, 0.4) is 0 Å². The molecule has 1 unspecified atom stereocenters. The van der Waals surface area contributed by atoms with E-state index in [0.717, 1.165) is 12.1 Å². The Kier molecular flexibility index (Phi) is 2.60. The minimum absolute atomic E-state index is 0.145. The predicted octanol–water partition coefficient (Wildman–Crippen LogP) is 2.43. The molecule has 1 saturated heterocycles. The summed E-state index contributed by atoms with van der Waals surface area (Å²) in [7, 11) is 0. The van der Waals surface area contributed by atoms with Gasteiger partial charge in [0.25, 0.3) is 0 Å². The summed E-state index contributed by atoms with van der Waals surface area (Å²) in [6.07, 6.45) is 0.637. The normalized spacial score (nSPS) is 30.9. The summed E-state index contributed by atoms with van der Waals surface area (Å²) >= 11 is 0. The Labute approximate surface area is 102 Å². The lowest BCUT2D eigenvalue weighted by molar-refractivity contribution is -0.0672. The Balaban J connectivity index is 1.99. The van der Waals surface area contributed by atoms with Crippen molar-refractivity contribution in [2.24, 2.45) is 0 Å². The molecule has 2 aliphatic rings. The first kappa shape index (κ1) is 11.1. The van der Waals surface area contributed by atoms with Crippen LogP contribution in [0.15, 0.2) is 18.2 Å². The number of aliphatic hydroxyl groups excluding tert-OH is 1. The van der Waals surface area contributed by atoms with Crippen molar-refractivity contribution < 1.29 is 9.84 Å². The van der Waals surface area contributed by atoms with E-state index in [9.17, 15) is 5.11 Å². The summed E-state index contributed by atoms with van der Waals surface area (Å²) in [4.78, 5) is 0. The Morgan fingerprint density at radius 1 is 1.41 bits per heavy atom. The summed E-state index contributed by atoms with van der Waals surface area (Å²) in [6, 6.07) is 6.66. The molecule has 0 radical (unpaired) electrons. The molecule has 2 heterocycles. The van der Waals surface area contributed by atoms with Gasteiger partial charge in [0.15, 0.2) is 0 Å². The van der Waals surface area contributed by atoms with E-state index in [0.29, 0.717) is 12.5 Å². The van der Waals surface area contributed by atoms with Gasteiger partial charge in [0, 0.05) is 17.7 Å². The van der Waals surface area contributed by atoms with Crippen LogP contribution in [0.5, 0.6) is 0 Å². The van der Waals surface area contributed by atoms with Crippen LogP contribution in [0.25, 0.3) is 0 Å². The second-order valence-electron chi connectivity index (χ2n) is 5.38. The summed E-state index contributed by atoms with van der Waals surface area (Å²) in [5.41, 5.74) is 3.72. The third-order valence-corrected chi connectivity index (χ3v) is 3.83. The lowest BCUT2D eigenvalue weighted by Gasteiger charge is -2.40. The molecule has 0 amide bonds. The second-order valence-corrected chi connectivity index (χ2v) is 5.38. The zero-order valence-corrected chi connectivity index (χ0v) is 10.3. The molecule has 0 aliphatic carbocycles. The van der Waals surface area contributed by atoms with E-state index in [-0.39, 0.29) is 18.2 Å². The molecule has 2 aliphatic heterocycles. The molecule has 1 aromatic carbocycles. The standard InChI is InChI=1S/C14H19NO2/c1-8(2)9-3-4-11-10(5-9)14-6-12(15-11)13(16)7-17-14/h3-5,8,12-16H,6-7H2,1-2H3/t12?,13-,14-/m1/s1. The van der Waals surface area contributed by atoms with Crippen molar-refractivity contribution in [1.29, 1.82) is 0 Å². The van der Waals surface area contributed by atoms with Gasteiger partial charge in [-0.3, -0.25) is 0 Å². The molecule has 1 fully saturated rings. The van der Waals surface area contributed by atoms with E-state index in [1.807, 2.05) is 0 Å². The zero-order valence-electron chi connectivity index (χ0n) is 10.3. The molecule has 3 nitrogen and oxygen atoms in total. The number of benzene rings is 1. The van der Waals surface area contributed by atoms with Crippen molar-refractivity contribution in [3.05, 3.63) is 29.3 Å². The van der Waals surface area contributed by atoms with Crippen molar-refractivity contribution in [1.82, 2.24) is 0 Å². The monoisotopic (exact) mass is 233 g/mol. The zero-order chi connectivity index (χ0) is 12.0. The molecular formula is C14H19NO2. The first-order valence-electron chi connectivity index (χ1n) is 6.35. The van der Waals surface area contributed by atoms with E-state index in [2.05, 4.69) is 37.4 Å². The SMILES string of the molecule is CC(C)c1ccc2c(c1)[C@H]1CC(N2)[C@H](O)CO1. The van der Waals surface area contributed by atoms with Crippen molar-refractivity contribution >= 4 is 5.69 Å². The number of aliphatic hydroxyl groups is 1. The second kappa shape index (κ2) is 4.00. The number of hydrogen-bond donors (Lipinski definition) is 2. The lowest BCUT2D eigenvalue weighted by atomic mass is 9.88. The first-order valence-corrected chi connectivity index (χ1v) is 6.35. The number of ether oxygens (including phenoxy) is 1. The average Bonchev–Trinajstić information content (AvgIpc) is 2.33. The van der Waals surface area contributed by atoms with Gasteiger partial charge < -0.3 is 15.2 Å². The highest BCUT2D eigenvalue weighted by Crippen LogP contribution is 2.40. The highest BCUT2D eigenvalue weighted by atomic mass is 16.5. The molecule has 3 atom stereocenters. The number of fused-ring (bicyclic) bond motifs is 4. The quantitative estimate of drug-likeness (QED) is 0.782. The van der Waals surface area contributed by atoms with Crippen molar-refractivity contribution in [3.63, 3.8) is 0 Å². The minimum atomic E-state index is -0.385. The molecular weight excluding hydrogens is 214 g/mol. The van der Waals surface area contributed by atoms with E-state index in [1.165, 1.54) is 11.1 Å². The van der Waals surface area contributed by atoms with Gasteiger partial charge in [-0.2, -0.15) is 0 Å². The molecule has 1 aromatic rings. The van der Waals surface area contributed by atoms with Gasteiger partial charge in [0.1, 0.15) is 0 Å². The highest BCUT2D eigenvalue weighted by molar-refractivity contribution is 5.57. The van der Waals surface area contributed by atoms with Gasteiger partial charge >= 0.3 is 0 Å². The molecule has 17 heavy (non-hydrogen) atoms. The van der Waals surface area contributed by atoms with Crippen LogP contribution in [0.1, 0.15) is 43.4 Å². The molecule has 2 N–H and O–H groups in total. The Morgan fingerprint density at radius 3 is 3.00 bits per heavy atom. The van der Waals surface area contributed by atoms with Gasteiger partial charge in [-0.1, -0.05) is 26.0 Å². The molecule has 3 rings (SSSR count). The van der Waals surface area contributed by atoms with Crippen LogP contribution in [0, 0.1) is 0 Å². The summed E-state index contributed by atoms with van der Waals surface area (Å²) in [5.74, 6) is 0.534. The number of nitrogens with one attached hydrogen (secondary N) is 1. The van der Waals surface area contributed by atoms with Gasteiger partial charge in [0.2, 0.25) is 0 Å². The maximum Gasteiger partial charge on any atom is 0.0975 e. The van der Waals surface area contributed by atoms with E-state index >= 15 is 0 Å². The van der Waals surface area contributed by atoms with Gasteiger partial charge in [-0.25, -0.2) is 0 Å². The molecule has 2 bridgehead atoms. The van der Waals surface area contributed by atoms with Crippen molar-refractivity contribution in [3.8, 4) is 0 Å². The third kappa shape index (κ3) is 1.83. The highest BCUT2D eigenvalue weighted by Gasteiger charge is 2.36. The molecule has 0 spiro atoms.